The van der Waals surface area contributed by atoms with E-state index in [0.717, 1.165) is 135 Å². The van der Waals surface area contributed by atoms with Crippen molar-refractivity contribution in [1.82, 2.24) is 0 Å². The molecule has 0 unspecified atom stereocenters. The van der Waals surface area contributed by atoms with Crippen LogP contribution >= 0.6 is 0 Å². The molecule has 0 aliphatic carbocycles. The van der Waals surface area contributed by atoms with E-state index in [1.807, 2.05) is 0 Å². The van der Waals surface area contributed by atoms with Crippen molar-refractivity contribution in [3.05, 3.63) is 85.1 Å². The molecule has 0 radical (unpaired) electrons. The molecule has 0 aromatic heterocycles. The Kier molecular flexibility index (Phi) is 47.5. The molecule has 0 aliphatic heterocycles. The summed E-state index contributed by atoms with van der Waals surface area (Å²) >= 11 is 0. The zero-order valence-electron chi connectivity index (χ0n) is 40.4. The third-order valence-corrected chi connectivity index (χ3v) is 10.6. The smallest absolute Gasteiger partial charge is 0.306 e. The first kappa shape index (κ1) is 58.6. The molecule has 0 aromatic rings. The van der Waals surface area contributed by atoms with Gasteiger partial charge >= 0.3 is 17.9 Å². The molecule has 0 aromatic carbocycles. The third kappa shape index (κ3) is 47.6. The Morgan fingerprint density at radius 2 is 0.629 bits per heavy atom. The molecule has 6 nitrogen and oxygen atoms in total. The number of unbranched alkanes of at least 4 members (excludes halogenated alkanes) is 20. The Morgan fingerprint density at radius 3 is 0.984 bits per heavy atom. The van der Waals surface area contributed by atoms with E-state index in [1.54, 1.807) is 0 Å². The first-order valence-electron chi connectivity index (χ1n) is 25.6. The number of hydrogen-bond donors (Lipinski definition) is 0. The Balaban J connectivity index is 4.46. The van der Waals surface area contributed by atoms with Crippen molar-refractivity contribution < 1.29 is 28.6 Å². The number of hydrogen-bond acceptors (Lipinski definition) is 6. The molecule has 62 heavy (non-hydrogen) atoms. The van der Waals surface area contributed by atoms with Crippen LogP contribution in [0.1, 0.15) is 233 Å². The summed E-state index contributed by atoms with van der Waals surface area (Å²) in [7, 11) is 0. The Bertz CT molecular complexity index is 1220. The van der Waals surface area contributed by atoms with Gasteiger partial charge in [-0.2, -0.15) is 0 Å². The number of allylic oxidation sites excluding steroid dienone is 14. The number of esters is 3. The second-order valence-electron chi connectivity index (χ2n) is 16.7. The maximum atomic E-state index is 12.8. The highest BCUT2D eigenvalue weighted by Gasteiger charge is 2.19. The van der Waals surface area contributed by atoms with Crippen LogP contribution < -0.4 is 0 Å². The normalized spacial score (nSPS) is 12.8. The van der Waals surface area contributed by atoms with Gasteiger partial charge in [-0.05, 0) is 89.9 Å². The van der Waals surface area contributed by atoms with Gasteiger partial charge in [0.2, 0.25) is 0 Å². The van der Waals surface area contributed by atoms with Gasteiger partial charge in [0.1, 0.15) is 13.2 Å². The predicted octanol–water partition coefficient (Wildman–Crippen LogP) is 16.8. The first-order valence-corrected chi connectivity index (χ1v) is 25.6. The van der Waals surface area contributed by atoms with Crippen molar-refractivity contribution in [3.63, 3.8) is 0 Å². The Labute approximate surface area is 382 Å². The molecule has 0 amide bonds. The summed E-state index contributed by atoms with van der Waals surface area (Å²) in [5, 5.41) is 0. The van der Waals surface area contributed by atoms with E-state index in [-0.39, 0.29) is 31.1 Å². The van der Waals surface area contributed by atoms with Gasteiger partial charge in [0.15, 0.2) is 6.10 Å². The van der Waals surface area contributed by atoms with Gasteiger partial charge in [0.05, 0.1) is 0 Å². The lowest BCUT2D eigenvalue weighted by molar-refractivity contribution is -0.167. The highest BCUT2D eigenvalue weighted by Crippen LogP contribution is 2.14. The molecule has 0 saturated carbocycles. The van der Waals surface area contributed by atoms with Crippen molar-refractivity contribution in [2.45, 2.75) is 239 Å². The van der Waals surface area contributed by atoms with Gasteiger partial charge in [-0.15, -0.1) is 0 Å². The van der Waals surface area contributed by atoms with Gasteiger partial charge in [-0.1, -0.05) is 209 Å². The first-order chi connectivity index (χ1) is 30.5. The van der Waals surface area contributed by atoms with Crippen LogP contribution in [0, 0.1) is 0 Å². The summed E-state index contributed by atoms with van der Waals surface area (Å²) in [6.45, 7) is 6.37. The molecular weight excluding hydrogens is 769 g/mol. The van der Waals surface area contributed by atoms with Gasteiger partial charge in [-0.3, -0.25) is 14.4 Å². The fraction of sp³-hybridized carbons (Fsp3) is 0.696. The second-order valence-corrected chi connectivity index (χ2v) is 16.7. The van der Waals surface area contributed by atoms with Crippen molar-refractivity contribution in [2.75, 3.05) is 13.2 Å². The SMILES string of the molecule is CC/C=C\C/C=C\C/C=C\C/C=C\CCCCCCC(=O)O[C@H](COC(=O)CCCCCCC/C=C\C/C=C\C/C=C\CC)COC(=O)CCCCCCCCCCCCCC. The highest BCUT2D eigenvalue weighted by atomic mass is 16.6. The fourth-order valence-electron chi connectivity index (χ4n) is 6.86. The molecule has 0 spiro atoms. The minimum Gasteiger partial charge on any atom is -0.462 e. The molecule has 0 saturated heterocycles. The summed E-state index contributed by atoms with van der Waals surface area (Å²) in [6, 6.07) is 0. The molecule has 0 aliphatic rings. The van der Waals surface area contributed by atoms with Crippen LogP contribution in [0.5, 0.6) is 0 Å². The largest absolute Gasteiger partial charge is 0.462 e. The summed E-state index contributed by atoms with van der Waals surface area (Å²) in [5.74, 6) is -0.933. The maximum absolute atomic E-state index is 12.8. The van der Waals surface area contributed by atoms with Crippen LogP contribution in [0.2, 0.25) is 0 Å². The van der Waals surface area contributed by atoms with E-state index in [4.69, 9.17) is 14.2 Å². The zero-order chi connectivity index (χ0) is 45.1. The lowest BCUT2D eigenvalue weighted by Crippen LogP contribution is -2.30. The van der Waals surface area contributed by atoms with Crippen molar-refractivity contribution in [1.29, 1.82) is 0 Å². The van der Waals surface area contributed by atoms with Crippen LogP contribution in [0.25, 0.3) is 0 Å². The summed E-state index contributed by atoms with van der Waals surface area (Å²) in [5.41, 5.74) is 0. The van der Waals surface area contributed by atoms with E-state index < -0.39 is 6.10 Å². The monoisotopic (exact) mass is 863 g/mol. The number of carbonyl (C=O) groups is 3. The van der Waals surface area contributed by atoms with Crippen LogP contribution in [0.4, 0.5) is 0 Å². The fourth-order valence-corrected chi connectivity index (χ4v) is 6.86. The van der Waals surface area contributed by atoms with Gasteiger partial charge < -0.3 is 14.2 Å². The van der Waals surface area contributed by atoms with E-state index in [2.05, 4.69) is 106 Å². The Hall–Kier alpha value is -3.41. The summed E-state index contributed by atoms with van der Waals surface area (Å²) in [6.07, 6.45) is 64.2. The zero-order valence-corrected chi connectivity index (χ0v) is 40.4. The van der Waals surface area contributed by atoms with E-state index in [9.17, 15) is 14.4 Å². The van der Waals surface area contributed by atoms with Crippen LogP contribution in [0.3, 0.4) is 0 Å². The average Bonchev–Trinajstić information content (AvgIpc) is 3.27. The van der Waals surface area contributed by atoms with Crippen LogP contribution in [-0.2, 0) is 28.6 Å². The third-order valence-electron chi connectivity index (χ3n) is 10.6. The average molecular weight is 863 g/mol. The molecule has 354 valence electrons. The summed E-state index contributed by atoms with van der Waals surface area (Å²) in [4.78, 5) is 38.0. The molecule has 6 heteroatoms. The van der Waals surface area contributed by atoms with E-state index in [0.29, 0.717) is 19.3 Å². The molecule has 0 heterocycles. The predicted molar refractivity (Wildman–Crippen MR) is 265 cm³/mol. The van der Waals surface area contributed by atoms with Crippen molar-refractivity contribution in [3.8, 4) is 0 Å². The molecule has 0 N–H and O–H groups in total. The lowest BCUT2D eigenvalue weighted by Gasteiger charge is -2.18. The van der Waals surface area contributed by atoms with E-state index in [1.165, 1.54) is 57.8 Å². The Morgan fingerprint density at radius 1 is 0.339 bits per heavy atom. The molecule has 0 rings (SSSR count). The molecular formula is C56H94O6. The van der Waals surface area contributed by atoms with Gasteiger partial charge in [0, 0.05) is 19.3 Å². The maximum Gasteiger partial charge on any atom is 0.306 e. The van der Waals surface area contributed by atoms with Crippen molar-refractivity contribution >= 4 is 17.9 Å². The number of carbonyl (C=O) groups excluding carboxylic acids is 3. The number of rotatable bonds is 45. The molecule has 0 fully saturated rings. The van der Waals surface area contributed by atoms with Gasteiger partial charge in [-0.25, -0.2) is 0 Å². The van der Waals surface area contributed by atoms with E-state index >= 15 is 0 Å². The number of ether oxygens (including phenoxy) is 3. The quantitative estimate of drug-likeness (QED) is 0.0263. The summed E-state index contributed by atoms with van der Waals surface area (Å²) < 4.78 is 16.8. The topological polar surface area (TPSA) is 78.9 Å². The second kappa shape index (κ2) is 50.2. The lowest BCUT2D eigenvalue weighted by atomic mass is 10.0. The molecule has 1 atom stereocenters. The minimum atomic E-state index is -0.794. The minimum absolute atomic E-state index is 0.0913. The van der Waals surface area contributed by atoms with Crippen molar-refractivity contribution in [2.24, 2.45) is 0 Å². The van der Waals surface area contributed by atoms with Gasteiger partial charge in [0.25, 0.3) is 0 Å². The van der Waals surface area contributed by atoms with Crippen LogP contribution in [0.15, 0.2) is 85.1 Å². The van der Waals surface area contributed by atoms with Crippen LogP contribution in [-0.4, -0.2) is 37.2 Å². The highest BCUT2D eigenvalue weighted by molar-refractivity contribution is 5.71. The molecule has 0 bridgehead atoms. The standard InChI is InChI=1S/C56H94O6/c1-4-7-10-13-16-19-22-25-27-28-30-32-35-38-41-44-47-50-56(59)62-53(51-60-54(57)48-45-42-39-36-33-24-21-18-15-12-9-6-3)52-61-55(58)49-46-43-40-37-34-31-29-26-23-20-17-14-11-8-5-2/h7-8,10-11,16-17,19-20,25-27,29-30,32,53H,4-6,9,12-15,18,21-24,28,31,33-52H2,1-3H3/b10-7-,11-8-,19-16-,20-17-,27-25-,29-26-,32-30-/t53-/m0/s1.